The second-order valence-electron chi connectivity index (χ2n) is 9.30. The molecule has 3 N–H and O–H groups in total. The molecule has 158 valence electrons. The van der Waals surface area contributed by atoms with Crippen LogP contribution in [0.25, 0.3) is 0 Å². The third-order valence-electron chi connectivity index (χ3n) is 3.97. The zero-order chi connectivity index (χ0) is 21.8. The summed E-state index contributed by atoms with van der Waals surface area (Å²) in [5.74, 6) is 0. The van der Waals surface area contributed by atoms with E-state index in [1.165, 1.54) is 0 Å². The van der Waals surface area contributed by atoms with Crippen LogP contribution < -0.4 is 10.6 Å². The largest absolute Gasteiger partial charge is 0.444 e. The van der Waals surface area contributed by atoms with Crippen molar-refractivity contribution in [3.8, 4) is 0 Å². The van der Waals surface area contributed by atoms with E-state index in [0.717, 1.165) is 12.2 Å². The van der Waals surface area contributed by atoms with E-state index < -0.39 is 17.8 Å². The molecule has 0 heterocycles. The molecule has 2 rings (SSSR count). The lowest BCUT2D eigenvalue weighted by atomic mass is 9.95. The first-order valence-electron chi connectivity index (χ1n) is 9.65. The average molecular weight is 419 g/mol. The highest BCUT2D eigenvalue weighted by molar-refractivity contribution is 6.30. The summed E-state index contributed by atoms with van der Waals surface area (Å²) < 4.78 is 5.29. The number of hydrogen-bond donors (Lipinski definition) is 3. The number of nitrogens with one attached hydrogen (secondary N) is 2. The molecule has 6 heteroatoms. The van der Waals surface area contributed by atoms with Gasteiger partial charge < -0.3 is 15.2 Å². The SMILES string of the molecule is CC(C)(C)CNc1ccc(Cl)cc1C(O)c1cccc(NC(=O)OC(C)(C)C)c1. The molecule has 29 heavy (non-hydrogen) atoms. The van der Waals surface area contributed by atoms with Gasteiger partial charge in [0.1, 0.15) is 11.7 Å². The quantitative estimate of drug-likeness (QED) is 0.538. The predicted octanol–water partition coefficient (Wildman–Crippen LogP) is 6.23. The number of rotatable bonds is 5. The van der Waals surface area contributed by atoms with Gasteiger partial charge in [-0.3, -0.25) is 5.32 Å². The first-order chi connectivity index (χ1) is 13.3. The van der Waals surface area contributed by atoms with Gasteiger partial charge in [-0.1, -0.05) is 44.5 Å². The van der Waals surface area contributed by atoms with Crippen LogP contribution in [-0.2, 0) is 4.74 Å². The van der Waals surface area contributed by atoms with E-state index in [0.29, 0.717) is 21.8 Å². The number of benzene rings is 2. The Labute approximate surface area is 178 Å². The number of aliphatic hydroxyl groups is 1. The van der Waals surface area contributed by atoms with Crippen LogP contribution in [0.15, 0.2) is 42.5 Å². The summed E-state index contributed by atoms with van der Waals surface area (Å²) in [4.78, 5) is 12.0. The van der Waals surface area contributed by atoms with Gasteiger partial charge in [0.05, 0.1) is 0 Å². The normalized spacial score (nSPS) is 13.0. The molecular weight excluding hydrogens is 388 g/mol. The monoisotopic (exact) mass is 418 g/mol. The van der Waals surface area contributed by atoms with Crippen molar-refractivity contribution in [2.75, 3.05) is 17.2 Å². The molecule has 0 aromatic heterocycles. The van der Waals surface area contributed by atoms with Crippen LogP contribution in [0.4, 0.5) is 16.2 Å². The van der Waals surface area contributed by atoms with Crippen LogP contribution in [0, 0.1) is 5.41 Å². The zero-order valence-corrected chi connectivity index (χ0v) is 18.7. The summed E-state index contributed by atoms with van der Waals surface area (Å²) in [7, 11) is 0. The Bertz CT molecular complexity index is 854. The fourth-order valence-corrected chi connectivity index (χ4v) is 2.85. The molecule has 0 saturated heterocycles. The minimum Gasteiger partial charge on any atom is -0.444 e. The molecule has 0 fully saturated rings. The van der Waals surface area contributed by atoms with E-state index in [2.05, 4.69) is 31.4 Å². The van der Waals surface area contributed by atoms with Crippen molar-refractivity contribution in [1.29, 1.82) is 0 Å². The van der Waals surface area contributed by atoms with Gasteiger partial charge >= 0.3 is 6.09 Å². The Balaban J connectivity index is 2.25. The van der Waals surface area contributed by atoms with E-state index in [-0.39, 0.29) is 5.41 Å². The van der Waals surface area contributed by atoms with Crippen LogP contribution in [0.5, 0.6) is 0 Å². The Morgan fingerprint density at radius 1 is 1.10 bits per heavy atom. The highest BCUT2D eigenvalue weighted by Gasteiger charge is 2.19. The summed E-state index contributed by atoms with van der Waals surface area (Å²) in [5.41, 5.74) is 2.18. The van der Waals surface area contributed by atoms with Gasteiger partial charge in [-0.2, -0.15) is 0 Å². The lowest BCUT2D eigenvalue weighted by molar-refractivity contribution is 0.0636. The molecule has 0 aliphatic heterocycles. The molecule has 0 spiro atoms. The zero-order valence-electron chi connectivity index (χ0n) is 18.0. The number of aliphatic hydroxyl groups excluding tert-OH is 1. The van der Waals surface area contributed by atoms with Gasteiger partial charge in [-0.05, 0) is 62.1 Å². The molecule has 2 aromatic rings. The minimum absolute atomic E-state index is 0.0825. The molecule has 1 amide bonds. The van der Waals surface area contributed by atoms with Crippen LogP contribution in [-0.4, -0.2) is 23.3 Å². The Kier molecular flexibility index (Phi) is 7.20. The highest BCUT2D eigenvalue weighted by atomic mass is 35.5. The smallest absolute Gasteiger partial charge is 0.412 e. The lowest BCUT2D eigenvalue weighted by Crippen LogP contribution is -2.27. The Hall–Kier alpha value is -2.24. The van der Waals surface area contributed by atoms with Crippen LogP contribution in [0.1, 0.15) is 58.8 Å². The predicted molar refractivity (Wildman–Crippen MR) is 120 cm³/mol. The molecule has 0 saturated carbocycles. The Morgan fingerprint density at radius 3 is 2.41 bits per heavy atom. The summed E-state index contributed by atoms with van der Waals surface area (Å²) in [6.45, 7) is 12.6. The maximum atomic E-state index is 12.0. The number of hydrogen-bond acceptors (Lipinski definition) is 4. The summed E-state index contributed by atoms with van der Waals surface area (Å²) in [5, 5.41) is 17.7. The molecule has 1 unspecified atom stereocenters. The van der Waals surface area contributed by atoms with Crippen molar-refractivity contribution in [2.45, 2.75) is 53.2 Å². The van der Waals surface area contributed by atoms with Crippen LogP contribution in [0.2, 0.25) is 5.02 Å². The van der Waals surface area contributed by atoms with E-state index in [4.69, 9.17) is 16.3 Å². The molecule has 0 radical (unpaired) electrons. The van der Waals surface area contributed by atoms with Gasteiger partial charge in [0.15, 0.2) is 0 Å². The van der Waals surface area contributed by atoms with Gasteiger partial charge in [0, 0.05) is 28.5 Å². The lowest BCUT2D eigenvalue weighted by Gasteiger charge is -2.23. The van der Waals surface area contributed by atoms with Crippen LogP contribution in [0.3, 0.4) is 0 Å². The van der Waals surface area contributed by atoms with E-state index in [1.807, 2.05) is 6.07 Å². The summed E-state index contributed by atoms with van der Waals surface area (Å²) >= 11 is 6.19. The number of amides is 1. The third-order valence-corrected chi connectivity index (χ3v) is 4.20. The fraction of sp³-hybridized carbons (Fsp3) is 0.435. The standard InChI is InChI=1S/C23H31ClN2O3/c1-22(2,3)14-25-19-11-10-16(24)13-18(19)20(27)15-8-7-9-17(12-15)26-21(28)29-23(4,5)6/h7-13,20,25,27H,14H2,1-6H3,(H,26,28). The maximum absolute atomic E-state index is 12.0. The topological polar surface area (TPSA) is 70.6 Å². The molecule has 0 aliphatic carbocycles. The van der Waals surface area contributed by atoms with Crippen molar-refractivity contribution in [3.05, 3.63) is 58.6 Å². The fourth-order valence-electron chi connectivity index (χ4n) is 2.67. The molecular formula is C23H31ClN2O3. The molecule has 5 nitrogen and oxygen atoms in total. The summed E-state index contributed by atoms with van der Waals surface area (Å²) in [6.07, 6.45) is -1.45. The van der Waals surface area contributed by atoms with Gasteiger partial charge in [0.2, 0.25) is 0 Å². The minimum atomic E-state index is -0.906. The van der Waals surface area contributed by atoms with Crippen molar-refractivity contribution in [3.63, 3.8) is 0 Å². The second kappa shape index (κ2) is 9.06. The van der Waals surface area contributed by atoms with Gasteiger partial charge in [-0.25, -0.2) is 4.79 Å². The third kappa shape index (κ3) is 7.59. The van der Waals surface area contributed by atoms with E-state index >= 15 is 0 Å². The summed E-state index contributed by atoms with van der Waals surface area (Å²) in [6, 6.07) is 12.5. The van der Waals surface area contributed by atoms with Gasteiger partial charge in [0.25, 0.3) is 0 Å². The second-order valence-corrected chi connectivity index (χ2v) is 9.74. The van der Waals surface area contributed by atoms with E-state index in [1.54, 1.807) is 57.2 Å². The first kappa shape index (κ1) is 23.0. The first-order valence-corrected chi connectivity index (χ1v) is 10.0. The molecule has 0 bridgehead atoms. The van der Waals surface area contributed by atoms with E-state index in [9.17, 15) is 9.90 Å². The molecule has 0 aliphatic rings. The van der Waals surface area contributed by atoms with Crippen molar-refractivity contribution >= 4 is 29.1 Å². The maximum Gasteiger partial charge on any atom is 0.412 e. The van der Waals surface area contributed by atoms with Gasteiger partial charge in [-0.15, -0.1) is 0 Å². The number of ether oxygens (including phenoxy) is 1. The van der Waals surface area contributed by atoms with Crippen molar-refractivity contribution in [1.82, 2.24) is 0 Å². The highest BCUT2D eigenvalue weighted by Crippen LogP contribution is 2.32. The Morgan fingerprint density at radius 2 is 1.79 bits per heavy atom. The number of anilines is 2. The number of halogens is 1. The van der Waals surface area contributed by atoms with Crippen molar-refractivity contribution in [2.24, 2.45) is 5.41 Å². The average Bonchev–Trinajstić information content (AvgIpc) is 2.57. The number of carbonyl (C=O) groups excluding carboxylic acids is 1. The van der Waals surface area contributed by atoms with Crippen LogP contribution >= 0.6 is 11.6 Å². The van der Waals surface area contributed by atoms with Crippen molar-refractivity contribution < 1.29 is 14.6 Å². The molecule has 2 aromatic carbocycles. The number of carbonyl (C=O) groups is 1. The molecule has 1 atom stereocenters.